The van der Waals surface area contributed by atoms with Crippen LogP contribution in [0.5, 0.6) is 0 Å². The molecular weight excluding hydrogens is 154 g/mol. The van der Waals surface area contributed by atoms with Crippen molar-refractivity contribution >= 4 is 5.97 Å². The maximum atomic E-state index is 10.9. The lowest BCUT2D eigenvalue weighted by Gasteiger charge is -2.26. The summed E-state index contributed by atoms with van der Waals surface area (Å²) >= 11 is 0. The molecule has 3 heteroatoms. The average molecular weight is 171 g/mol. The standard InChI is InChI=1S/C9H17NO2/c1-6(2)7(10-3)9(4-5-9)8(11)12/h6-7,10H,4-5H2,1-3H3,(H,11,12). The Morgan fingerprint density at radius 2 is 2.00 bits per heavy atom. The molecule has 0 aliphatic heterocycles. The van der Waals surface area contributed by atoms with Gasteiger partial charge in [0.05, 0.1) is 5.41 Å². The van der Waals surface area contributed by atoms with Crippen LogP contribution in [-0.4, -0.2) is 24.2 Å². The molecule has 0 aromatic carbocycles. The van der Waals surface area contributed by atoms with Crippen molar-refractivity contribution in [1.82, 2.24) is 5.32 Å². The molecule has 0 bridgehead atoms. The Hall–Kier alpha value is -0.570. The van der Waals surface area contributed by atoms with Gasteiger partial charge in [0.1, 0.15) is 0 Å². The van der Waals surface area contributed by atoms with Crippen LogP contribution >= 0.6 is 0 Å². The number of carboxylic acid groups (broad SMARTS) is 1. The molecule has 12 heavy (non-hydrogen) atoms. The Morgan fingerprint density at radius 1 is 1.50 bits per heavy atom. The van der Waals surface area contributed by atoms with E-state index in [-0.39, 0.29) is 6.04 Å². The first-order valence-corrected chi connectivity index (χ1v) is 4.45. The number of hydrogen-bond acceptors (Lipinski definition) is 2. The van der Waals surface area contributed by atoms with Gasteiger partial charge >= 0.3 is 5.97 Å². The monoisotopic (exact) mass is 171 g/mol. The summed E-state index contributed by atoms with van der Waals surface area (Å²) in [5.41, 5.74) is -0.455. The first-order valence-electron chi connectivity index (χ1n) is 4.45. The second-order valence-electron chi connectivity index (χ2n) is 3.97. The van der Waals surface area contributed by atoms with Gasteiger partial charge in [-0.3, -0.25) is 4.79 Å². The van der Waals surface area contributed by atoms with Crippen molar-refractivity contribution in [2.24, 2.45) is 11.3 Å². The highest BCUT2D eigenvalue weighted by Gasteiger charge is 2.56. The summed E-state index contributed by atoms with van der Waals surface area (Å²) in [5, 5.41) is 12.1. The van der Waals surface area contributed by atoms with E-state index in [1.807, 2.05) is 7.05 Å². The van der Waals surface area contributed by atoms with Crippen LogP contribution in [0.25, 0.3) is 0 Å². The van der Waals surface area contributed by atoms with Gasteiger partial charge in [-0.25, -0.2) is 0 Å². The lowest BCUT2D eigenvalue weighted by molar-refractivity contribution is -0.145. The number of aliphatic carboxylic acids is 1. The van der Waals surface area contributed by atoms with Crippen LogP contribution in [-0.2, 0) is 4.79 Å². The zero-order valence-electron chi connectivity index (χ0n) is 7.92. The van der Waals surface area contributed by atoms with Crippen LogP contribution in [0.15, 0.2) is 0 Å². The molecule has 0 spiro atoms. The van der Waals surface area contributed by atoms with Crippen LogP contribution < -0.4 is 5.32 Å². The predicted molar refractivity (Wildman–Crippen MR) is 47.0 cm³/mol. The number of carbonyl (C=O) groups is 1. The number of hydrogen-bond donors (Lipinski definition) is 2. The van der Waals surface area contributed by atoms with Gasteiger partial charge in [0.15, 0.2) is 0 Å². The lowest BCUT2D eigenvalue weighted by Crippen LogP contribution is -2.43. The summed E-state index contributed by atoms with van der Waals surface area (Å²) in [4.78, 5) is 10.9. The summed E-state index contributed by atoms with van der Waals surface area (Å²) in [6.45, 7) is 4.12. The first kappa shape index (κ1) is 9.52. The molecule has 1 unspecified atom stereocenters. The third-order valence-electron chi connectivity index (χ3n) is 2.79. The normalized spacial score (nSPS) is 22.3. The Balaban J connectivity index is 2.71. The quantitative estimate of drug-likeness (QED) is 0.665. The van der Waals surface area contributed by atoms with Gasteiger partial charge in [-0.15, -0.1) is 0 Å². The van der Waals surface area contributed by atoms with Crippen molar-refractivity contribution < 1.29 is 9.90 Å². The molecule has 0 saturated heterocycles. The molecule has 0 amide bonds. The third-order valence-corrected chi connectivity index (χ3v) is 2.79. The Kier molecular flexibility index (Phi) is 2.42. The van der Waals surface area contributed by atoms with E-state index in [0.717, 1.165) is 12.8 Å². The summed E-state index contributed by atoms with van der Waals surface area (Å²) < 4.78 is 0. The van der Waals surface area contributed by atoms with E-state index in [0.29, 0.717) is 5.92 Å². The van der Waals surface area contributed by atoms with Gasteiger partial charge in [0.25, 0.3) is 0 Å². The van der Waals surface area contributed by atoms with Crippen molar-refractivity contribution in [3.8, 4) is 0 Å². The second-order valence-corrected chi connectivity index (χ2v) is 3.97. The maximum absolute atomic E-state index is 10.9. The molecule has 0 aromatic rings. The molecule has 0 heterocycles. The van der Waals surface area contributed by atoms with Gasteiger partial charge in [0, 0.05) is 6.04 Å². The fraction of sp³-hybridized carbons (Fsp3) is 0.889. The van der Waals surface area contributed by atoms with E-state index in [4.69, 9.17) is 5.11 Å². The smallest absolute Gasteiger partial charge is 0.311 e. The van der Waals surface area contributed by atoms with E-state index in [1.165, 1.54) is 0 Å². The molecule has 1 atom stereocenters. The van der Waals surface area contributed by atoms with Crippen molar-refractivity contribution in [3.63, 3.8) is 0 Å². The van der Waals surface area contributed by atoms with Gasteiger partial charge in [-0.05, 0) is 25.8 Å². The Bertz CT molecular complexity index is 185. The largest absolute Gasteiger partial charge is 0.481 e. The number of carboxylic acids is 1. The number of rotatable bonds is 4. The van der Waals surface area contributed by atoms with E-state index in [2.05, 4.69) is 19.2 Å². The SMILES string of the molecule is CNC(C(C)C)C1(C(=O)O)CC1. The van der Waals surface area contributed by atoms with Gasteiger partial charge in [-0.2, -0.15) is 0 Å². The minimum atomic E-state index is -0.643. The first-order chi connectivity index (χ1) is 5.54. The predicted octanol–water partition coefficient (Wildman–Crippen LogP) is 1.10. The molecular formula is C9H17NO2. The topological polar surface area (TPSA) is 49.3 Å². The van der Waals surface area contributed by atoms with Crippen LogP contribution in [0.4, 0.5) is 0 Å². The summed E-state index contributed by atoms with van der Waals surface area (Å²) in [7, 11) is 1.84. The molecule has 70 valence electrons. The van der Waals surface area contributed by atoms with Crippen LogP contribution in [0.3, 0.4) is 0 Å². The highest BCUT2D eigenvalue weighted by molar-refractivity contribution is 5.78. The van der Waals surface area contributed by atoms with Gasteiger partial charge in [0.2, 0.25) is 0 Å². The molecule has 1 rings (SSSR count). The van der Waals surface area contributed by atoms with Crippen molar-refractivity contribution in [2.75, 3.05) is 7.05 Å². The zero-order valence-corrected chi connectivity index (χ0v) is 7.92. The van der Waals surface area contributed by atoms with E-state index in [9.17, 15) is 4.79 Å². The molecule has 0 radical (unpaired) electrons. The van der Waals surface area contributed by atoms with Gasteiger partial charge in [-0.1, -0.05) is 13.8 Å². The molecule has 2 N–H and O–H groups in total. The van der Waals surface area contributed by atoms with Crippen LogP contribution in [0.1, 0.15) is 26.7 Å². The summed E-state index contributed by atoms with van der Waals surface area (Å²) in [6, 6.07) is 0.120. The zero-order chi connectivity index (χ0) is 9.35. The molecule has 1 aliphatic rings. The van der Waals surface area contributed by atoms with E-state index in [1.54, 1.807) is 0 Å². The van der Waals surface area contributed by atoms with Crippen molar-refractivity contribution in [3.05, 3.63) is 0 Å². The van der Waals surface area contributed by atoms with Gasteiger partial charge < -0.3 is 10.4 Å². The van der Waals surface area contributed by atoms with Crippen molar-refractivity contribution in [1.29, 1.82) is 0 Å². The fourth-order valence-electron chi connectivity index (χ4n) is 2.04. The third kappa shape index (κ3) is 1.33. The lowest BCUT2D eigenvalue weighted by atomic mass is 9.88. The molecule has 1 fully saturated rings. The molecule has 3 nitrogen and oxygen atoms in total. The minimum absolute atomic E-state index is 0.120. The Morgan fingerprint density at radius 3 is 2.08 bits per heavy atom. The summed E-state index contributed by atoms with van der Waals surface area (Å²) in [5.74, 6) is -0.260. The Labute approximate surface area is 73.2 Å². The molecule has 0 aromatic heterocycles. The second kappa shape index (κ2) is 3.05. The highest BCUT2D eigenvalue weighted by Crippen LogP contribution is 2.50. The number of nitrogens with one attached hydrogen (secondary N) is 1. The molecule has 1 aliphatic carbocycles. The van der Waals surface area contributed by atoms with E-state index < -0.39 is 11.4 Å². The van der Waals surface area contributed by atoms with Crippen LogP contribution in [0, 0.1) is 11.3 Å². The highest BCUT2D eigenvalue weighted by atomic mass is 16.4. The maximum Gasteiger partial charge on any atom is 0.311 e. The fourth-order valence-corrected chi connectivity index (χ4v) is 2.04. The average Bonchev–Trinajstić information content (AvgIpc) is 2.69. The minimum Gasteiger partial charge on any atom is -0.481 e. The molecule has 1 saturated carbocycles. The van der Waals surface area contributed by atoms with Crippen LogP contribution in [0.2, 0.25) is 0 Å². The van der Waals surface area contributed by atoms with E-state index >= 15 is 0 Å². The summed E-state index contributed by atoms with van der Waals surface area (Å²) in [6.07, 6.45) is 1.65. The van der Waals surface area contributed by atoms with Crippen molar-refractivity contribution in [2.45, 2.75) is 32.7 Å².